The molecule has 1 amide bonds. The molecule has 6 nitrogen and oxygen atoms in total. The minimum absolute atomic E-state index is 0.0787. The second-order valence-electron chi connectivity index (χ2n) is 6.49. The maximum Gasteiger partial charge on any atom is 0.243 e. The van der Waals surface area contributed by atoms with Crippen molar-refractivity contribution in [3.05, 3.63) is 88.0 Å². The van der Waals surface area contributed by atoms with Crippen LogP contribution in [0.4, 0.5) is 5.69 Å². The molecule has 30 heavy (non-hydrogen) atoms. The van der Waals surface area contributed by atoms with E-state index in [0.717, 1.165) is 9.13 Å². The quantitative estimate of drug-likeness (QED) is 0.440. The molecule has 8 heteroatoms. The van der Waals surface area contributed by atoms with Gasteiger partial charge in [-0.25, -0.2) is 8.42 Å². The van der Waals surface area contributed by atoms with E-state index in [9.17, 15) is 13.2 Å². The Morgan fingerprint density at radius 2 is 1.60 bits per heavy atom. The van der Waals surface area contributed by atoms with Crippen LogP contribution in [-0.4, -0.2) is 32.3 Å². The molecule has 0 saturated heterocycles. The minimum Gasteiger partial charge on any atom is -0.497 e. The number of anilines is 1. The number of nitrogens with zero attached hydrogens (tertiary/aromatic N) is 1. The van der Waals surface area contributed by atoms with Crippen LogP contribution in [0.15, 0.2) is 83.8 Å². The van der Waals surface area contributed by atoms with Gasteiger partial charge in [0.1, 0.15) is 5.75 Å². The van der Waals surface area contributed by atoms with Gasteiger partial charge in [-0.15, -0.1) is 0 Å². The van der Waals surface area contributed by atoms with Crippen LogP contribution in [0.1, 0.15) is 5.56 Å². The molecule has 156 valence electrons. The molecular formula is C22H21IN2O4S. The zero-order valence-electron chi connectivity index (χ0n) is 16.3. The first-order valence-corrected chi connectivity index (χ1v) is 11.6. The number of hydrogen-bond donors (Lipinski definition) is 1. The van der Waals surface area contributed by atoms with Crippen LogP contribution < -0.4 is 10.1 Å². The van der Waals surface area contributed by atoms with E-state index in [2.05, 4.69) is 27.9 Å². The molecule has 0 bridgehead atoms. The van der Waals surface area contributed by atoms with Gasteiger partial charge in [0.15, 0.2) is 0 Å². The fourth-order valence-electron chi connectivity index (χ4n) is 2.80. The second-order valence-corrected chi connectivity index (χ2v) is 9.67. The summed E-state index contributed by atoms with van der Waals surface area (Å²) in [7, 11) is -2.39. The SMILES string of the molecule is COc1ccc(S(=O)(=O)N(CC(=O)Nc2ccc(I)cc2)Cc2ccccc2)cc1. The maximum absolute atomic E-state index is 13.3. The van der Waals surface area contributed by atoms with Crippen molar-refractivity contribution in [2.45, 2.75) is 11.4 Å². The Kier molecular flexibility index (Phi) is 7.46. The van der Waals surface area contributed by atoms with E-state index < -0.39 is 15.9 Å². The zero-order chi connectivity index (χ0) is 21.6. The van der Waals surface area contributed by atoms with Crippen molar-refractivity contribution in [1.82, 2.24) is 4.31 Å². The molecular weight excluding hydrogens is 515 g/mol. The maximum atomic E-state index is 13.3. The summed E-state index contributed by atoms with van der Waals surface area (Å²) in [6.07, 6.45) is 0. The molecule has 0 aromatic heterocycles. The van der Waals surface area contributed by atoms with E-state index in [1.807, 2.05) is 42.5 Å². The number of rotatable bonds is 8. The summed E-state index contributed by atoms with van der Waals surface area (Å²) in [6.45, 7) is -0.232. The van der Waals surface area contributed by atoms with Crippen LogP contribution in [0.5, 0.6) is 5.75 Å². The van der Waals surface area contributed by atoms with Gasteiger partial charge in [-0.05, 0) is 76.7 Å². The average Bonchev–Trinajstić information content (AvgIpc) is 2.75. The van der Waals surface area contributed by atoms with Gasteiger partial charge >= 0.3 is 0 Å². The smallest absolute Gasteiger partial charge is 0.243 e. The summed E-state index contributed by atoms with van der Waals surface area (Å²) >= 11 is 2.18. The molecule has 3 aromatic carbocycles. The van der Waals surface area contributed by atoms with Gasteiger partial charge in [0.25, 0.3) is 0 Å². The lowest BCUT2D eigenvalue weighted by Gasteiger charge is -2.22. The molecule has 3 aromatic rings. The van der Waals surface area contributed by atoms with E-state index in [1.165, 1.54) is 23.5 Å². The molecule has 0 unspecified atom stereocenters. The van der Waals surface area contributed by atoms with Gasteiger partial charge in [-0.2, -0.15) is 4.31 Å². The lowest BCUT2D eigenvalue weighted by atomic mass is 10.2. The summed E-state index contributed by atoms with van der Waals surface area (Å²) in [5.74, 6) is 0.143. The molecule has 0 radical (unpaired) electrons. The Labute approximate surface area is 190 Å². The van der Waals surface area contributed by atoms with E-state index in [1.54, 1.807) is 24.3 Å². The summed E-state index contributed by atoms with van der Waals surface area (Å²) in [5.41, 5.74) is 1.40. The highest BCUT2D eigenvalue weighted by Crippen LogP contribution is 2.21. The Bertz CT molecular complexity index is 1090. The third-order valence-corrected chi connectivity index (χ3v) is 6.87. The van der Waals surface area contributed by atoms with Crippen molar-refractivity contribution in [2.24, 2.45) is 0 Å². The van der Waals surface area contributed by atoms with E-state index in [-0.39, 0.29) is 18.0 Å². The van der Waals surface area contributed by atoms with Crippen molar-refractivity contribution in [3.63, 3.8) is 0 Å². The van der Waals surface area contributed by atoms with Gasteiger partial charge in [-0.3, -0.25) is 4.79 Å². The van der Waals surface area contributed by atoms with Gasteiger partial charge in [0.05, 0.1) is 18.6 Å². The number of amides is 1. The largest absolute Gasteiger partial charge is 0.497 e. The van der Waals surface area contributed by atoms with Gasteiger partial charge in [0, 0.05) is 15.8 Å². The zero-order valence-corrected chi connectivity index (χ0v) is 19.3. The van der Waals surface area contributed by atoms with Crippen LogP contribution in [0.25, 0.3) is 0 Å². The van der Waals surface area contributed by atoms with Gasteiger partial charge < -0.3 is 10.1 Å². The summed E-state index contributed by atoms with van der Waals surface area (Å²) in [5, 5.41) is 2.76. The monoisotopic (exact) mass is 536 g/mol. The van der Waals surface area contributed by atoms with Crippen molar-refractivity contribution in [3.8, 4) is 5.75 Å². The topological polar surface area (TPSA) is 75.7 Å². The van der Waals surface area contributed by atoms with Crippen LogP contribution in [0.2, 0.25) is 0 Å². The van der Waals surface area contributed by atoms with Gasteiger partial charge in [-0.1, -0.05) is 30.3 Å². The summed E-state index contributed by atoms with van der Waals surface area (Å²) in [6, 6.07) is 22.6. The standard InChI is InChI=1S/C22H21IN2O4S/c1-29-20-11-13-21(14-12-20)30(27,28)25(15-17-5-3-2-4-6-17)16-22(26)24-19-9-7-18(23)8-10-19/h2-14H,15-16H2,1H3,(H,24,26). The average molecular weight is 536 g/mol. The highest BCUT2D eigenvalue weighted by atomic mass is 127. The molecule has 3 rings (SSSR count). The van der Waals surface area contributed by atoms with E-state index >= 15 is 0 Å². The van der Waals surface area contributed by atoms with Crippen LogP contribution in [0, 0.1) is 3.57 Å². The molecule has 0 atom stereocenters. The number of sulfonamides is 1. The summed E-state index contributed by atoms with van der Waals surface area (Å²) in [4.78, 5) is 12.7. The second kappa shape index (κ2) is 10.1. The van der Waals surface area contributed by atoms with Crippen LogP contribution in [0.3, 0.4) is 0 Å². The van der Waals surface area contributed by atoms with E-state index in [0.29, 0.717) is 11.4 Å². The molecule has 0 saturated carbocycles. The highest BCUT2D eigenvalue weighted by Gasteiger charge is 2.27. The summed E-state index contributed by atoms with van der Waals surface area (Å²) < 4.78 is 33.9. The first-order valence-electron chi connectivity index (χ1n) is 9.12. The van der Waals surface area contributed by atoms with Crippen molar-refractivity contribution < 1.29 is 17.9 Å². The number of ether oxygens (including phenoxy) is 1. The lowest BCUT2D eigenvalue weighted by molar-refractivity contribution is -0.116. The normalized spacial score (nSPS) is 11.3. The third kappa shape index (κ3) is 5.80. The number of carbonyl (C=O) groups is 1. The third-order valence-electron chi connectivity index (χ3n) is 4.35. The first-order chi connectivity index (χ1) is 14.4. The number of halogens is 1. The molecule has 0 heterocycles. The molecule has 0 aliphatic heterocycles. The molecule has 0 aliphatic rings. The highest BCUT2D eigenvalue weighted by molar-refractivity contribution is 14.1. The molecule has 0 aliphatic carbocycles. The fraction of sp³-hybridized carbons (Fsp3) is 0.136. The number of benzene rings is 3. The lowest BCUT2D eigenvalue weighted by Crippen LogP contribution is -2.37. The molecule has 0 fully saturated rings. The van der Waals surface area contributed by atoms with Crippen molar-refractivity contribution in [2.75, 3.05) is 19.0 Å². The Hall–Kier alpha value is -2.43. The number of hydrogen-bond acceptors (Lipinski definition) is 4. The fourth-order valence-corrected chi connectivity index (χ4v) is 4.55. The Balaban J connectivity index is 1.85. The van der Waals surface area contributed by atoms with Gasteiger partial charge in [0.2, 0.25) is 15.9 Å². The Morgan fingerprint density at radius 3 is 2.20 bits per heavy atom. The number of methoxy groups -OCH3 is 1. The molecule has 0 spiro atoms. The van der Waals surface area contributed by atoms with Crippen molar-refractivity contribution in [1.29, 1.82) is 0 Å². The van der Waals surface area contributed by atoms with E-state index in [4.69, 9.17) is 4.74 Å². The van der Waals surface area contributed by atoms with Crippen molar-refractivity contribution >= 4 is 44.2 Å². The first kappa shape index (κ1) is 22.3. The molecule has 1 N–H and O–H groups in total. The number of nitrogens with one attached hydrogen (secondary N) is 1. The van der Waals surface area contributed by atoms with Crippen LogP contribution in [-0.2, 0) is 21.4 Å². The predicted molar refractivity (Wildman–Crippen MR) is 125 cm³/mol. The number of carbonyl (C=O) groups excluding carboxylic acids is 1. The minimum atomic E-state index is -3.90. The predicted octanol–water partition coefficient (Wildman–Crippen LogP) is 4.13. The Morgan fingerprint density at radius 1 is 0.967 bits per heavy atom. The van der Waals surface area contributed by atoms with Crippen LogP contribution >= 0.6 is 22.6 Å².